The summed E-state index contributed by atoms with van der Waals surface area (Å²) in [7, 11) is 1.73. The second-order valence-electron chi connectivity index (χ2n) is 5.37. The van der Waals surface area contributed by atoms with Crippen molar-refractivity contribution in [1.29, 1.82) is 0 Å². The molecule has 100 valence electrons. The van der Waals surface area contributed by atoms with Crippen molar-refractivity contribution >= 4 is 0 Å². The van der Waals surface area contributed by atoms with Crippen molar-refractivity contribution in [3.8, 4) is 5.75 Å². The van der Waals surface area contributed by atoms with Gasteiger partial charge in [0.1, 0.15) is 5.75 Å². The van der Waals surface area contributed by atoms with Gasteiger partial charge >= 0.3 is 0 Å². The lowest BCUT2D eigenvalue weighted by atomic mass is 9.79. The third-order valence-electron chi connectivity index (χ3n) is 4.10. The smallest absolute Gasteiger partial charge is 0.119 e. The molecule has 1 unspecified atom stereocenters. The number of hydrogen-bond acceptors (Lipinski definition) is 2. The van der Waals surface area contributed by atoms with Crippen molar-refractivity contribution in [2.45, 2.75) is 45.6 Å². The predicted octanol–water partition coefficient (Wildman–Crippen LogP) is 3.84. The Kier molecular flexibility index (Phi) is 4.65. The van der Waals surface area contributed by atoms with Crippen LogP contribution in [0.3, 0.4) is 0 Å². The number of hydrogen-bond donors (Lipinski definition) is 1. The van der Waals surface area contributed by atoms with E-state index in [2.05, 4.69) is 37.4 Å². The average Bonchev–Trinajstić information content (AvgIpc) is 2.32. The maximum absolute atomic E-state index is 5.28. The van der Waals surface area contributed by atoms with E-state index in [4.69, 9.17) is 4.74 Å². The van der Waals surface area contributed by atoms with Crippen LogP contribution in [0.4, 0.5) is 0 Å². The highest BCUT2D eigenvalue weighted by molar-refractivity contribution is 5.36. The maximum atomic E-state index is 5.28. The first-order chi connectivity index (χ1) is 8.74. The summed E-state index contributed by atoms with van der Waals surface area (Å²) < 4.78 is 5.28. The summed E-state index contributed by atoms with van der Waals surface area (Å²) in [6.45, 7) is 5.40. The van der Waals surface area contributed by atoms with Gasteiger partial charge < -0.3 is 10.1 Å². The Morgan fingerprint density at radius 2 is 2.17 bits per heavy atom. The van der Waals surface area contributed by atoms with E-state index in [1.165, 1.54) is 36.8 Å². The quantitative estimate of drug-likeness (QED) is 0.824. The van der Waals surface area contributed by atoms with Crippen LogP contribution in [-0.4, -0.2) is 13.7 Å². The Morgan fingerprint density at radius 1 is 1.39 bits per heavy atom. The molecule has 18 heavy (non-hydrogen) atoms. The van der Waals surface area contributed by atoms with Crippen LogP contribution >= 0.6 is 0 Å². The molecule has 0 spiro atoms. The monoisotopic (exact) mass is 247 g/mol. The minimum atomic E-state index is 0.506. The molecule has 2 heteroatoms. The summed E-state index contributed by atoms with van der Waals surface area (Å²) in [5.74, 6) is 1.88. The van der Waals surface area contributed by atoms with Crippen LogP contribution in [0, 0.1) is 12.8 Å². The van der Waals surface area contributed by atoms with Crippen molar-refractivity contribution in [3.63, 3.8) is 0 Å². The Labute approximate surface area is 111 Å². The first-order valence-electron chi connectivity index (χ1n) is 7.12. The van der Waals surface area contributed by atoms with Crippen LogP contribution < -0.4 is 10.1 Å². The first kappa shape index (κ1) is 13.4. The molecule has 0 heterocycles. The lowest BCUT2D eigenvalue weighted by Crippen LogP contribution is -2.26. The van der Waals surface area contributed by atoms with Gasteiger partial charge in [-0.25, -0.2) is 0 Å². The Hall–Kier alpha value is -1.02. The molecule has 0 saturated heterocycles. The number of methoxy groups -OCH3 is 1. The minimum Gasteiger partial charge on any atom is -0.497 e. The van der Waals surface area contributed by atoms with Gasteiger partial charge in [-0.2, -0.15) is 0 Å². The SMILES string of the molecule is CCNC(CC1CCC1)c1ccc(OC)cc1C. The van der Waals surface area contributed by atoms with Crippen molar-refractivity contribution in [2.75, 3.05) is 13.7 Å². The largest absolute Gasteiger partial charge is 0.497 e. The van der Waals surface area contributed by atoms with Gasteiger partial charge in [-0.15, -0.1) is 0 Å². The molecule has 1 aliphatic carbocycles. The number of nitrogens with one attached hydrogen (secondary N) is 1. The third-order valence-corrected chi connectivity index (χ3v) is 4.10. The summed E-state index contributed by atoms with van der Waals surface area (Å²) in [6.07, 6.45) is 5.53. The van der Waals surface area contributed by atoms with Crippen LogP contribution in [0.2, 0.25) is 0 Å². The fourth-order valence-electron chi connectivity index (χ4n) is 2.79. The second-order valence-corrected chi connectivity index (χ2v) is 5.37. The number of benzene rings is 1. The van der Waals surface area contributed by atoms with Crippen molar-refractivity contribution < 1.29 is 4.74 Å². The Morgan fingerprint density at radius 3 is 2.67 bits per heavy atom. The van der Waals surface area contributed by atoms with Gasteiger partial charge in [-0.05, 0) is 49.1 Å². The van der Waals surface area contributed by atoms with Crippen LogP contribution in [0.5, 0.6) is 5.75 Å². The van der Waals surface area contributed by atoms with E-state index in [9.17, 15) is 0 Å². The van der Waals surface area contributed by atoms with Crippen LogP contribution in [0.1, 0.15) is 49.8 Å². The summed E-state index contributed by atoms with van der Waals surface area (Å²) in [4.78, 5) is 0. The molecule has 1 aromatic rings. The molecule has 0 aliphatic heterocycles. The highest BCUT2D eigenvalue weighted by Gasteiger charge is 2.23. The standard InChI is InChI=1S/C16H25NO/c1-4-17-16(11-13-6-5-7-13)15-9-8-14(18-3)10-12(15)2/h8-10,13,16-17H,4-7,11H2,1-3H3. The topological polar surface area (TPSA) is 21.3 Å². The van der Waals surface area contributed by atoms with E-state index in [-0.39, 0.29) is 0 Å². The lowest BCUT2D eigenvalue weighted by Gasteiger charge is -2.31. The summed E-state index contributed by atoms with van der Waals surface area (Å²) in [5, 5.41) is 3.64. The predicted molar refractivity (Wildman–Crippen MR) is 76.1 cm³/mol. The number of ether oxygens (including phenoxy) is 1. The molecule has 1 N–H and O–H groups in total. The van der Waals surface area contributed by atoms with Crippen molar-refractivity contribution in [2.24, 2.45) is 5.92 Å². The van der Waals surface area contributed by atoms with E-state index in [1.807, 2.05) is 0 Å². The molecular formula is C16H25NO. The van der Waals surface area contributed by atoms with Gasteiger partial charge in [0.2, 0.25) is 0 Å². The molecule has 1 saturated carbocycles. The molecule has 0 amide bonds. The third kappa shape index (κ3) is 3.05. The molecule has 0 aromatic heterocycles. The summed E-state index contributed by atoms with van der Waals surface area (Å²) in [5.41, 5.74) is 2.77. The highest BCUT2D eigenvalue weighted by Crippen LogP contribution is 2.36. The zero-order chi connectivity index (χ0) is 13.0. The van der Waals surface area contributed by atoms with E-state index < -0.39 is 0 Å². The average molecular weight is 247 g/mol. The number of aryl methyl sites for hydroxylation is 1. The summed E-state index contributed by atoms with van der Waals surface area (Å²) in [6, 6.07) is 6.94. The molecule has 1 fully saturated rings. The fourth-order valence-corrected chi connectivity index (χ4v) is 2.79. The second kappa shape index (κ2) is 6.24. The van der Waals surface area contributed by atoms with Gasteiger partial charge in [0, 0.05) is 6.04 Å². The van der Waals surface area contributed by atoms with Crippen LogP contribution in [0.15, 0.2) is 18.2 Å². The summed E-state index contributed by atoms with van der Waals surface area (Å²) >= 11 is 0. The first-order valence-corrected chi connectivity index (χ1v) is 7.12. The molecule has 0 bridgehead atoms. The molecule has 0 radical (unpaired) electrons. The zero-order valence-electron chi connectivity index (χ0n) is 11.8. The molecule has 2 rings (SSSR count). The Balaban J connectivity index is 2.12. The van der Waals surface area contributed by atoms with Gasteiger partial charge in [0.15, 0.2) is 0 Å². The fraction of sp³-hybridized carbons (Fsp3) is 0.625. The molecule has 2 nitrogen and oxygen atoms in total. The van der Waals surface area contributed by atoms with E-state index in [0.717, 1.165) is 18.2 Å². The molecule has 1 atom stereocenters. The highest BCUT2D eigenvalue weighted by atomic mass is 16.5. The molecule has 1 aliphatic rings. The molecule has 1 aromatic carbocycles. The normalized spacial score (nSPS) is 17.3. The van der Waals surface area contributed by atoms with Crippen LogP contribution in [-0.2, 0) is 0 Å². The Bertz CT molecular complexity index is 385. The minimum absolute atomic E-state index is 0.506. The van der Waals surface area contributed by atoms with E-state index >= 15 is 0 Å². The van der Waals surface area contributed by atoms with Crippen molar-refractivity contribution in [3.05, 3.63) is 29.3 Å². The van der Waals surface area contributed by atoms with Gasteiger partial charge in [0.25, 0.3) is 0 Å². The van der Waals surface area contributed by atoms with E-state index in [0.29, 0.717) is 6.04 Å². The van der Waals surface area contributed by atoms with Gasteiger partial charge in [0.05, 0.1) is 7.11 Å². The van der Waals surface area contributed by atoms with E-state index in [1.54, 1.807) is 7.11 Å². The van der Waals surface area contributed by atoms with Crippen molar-refractivity contribution in [1.82, 2.24) is 5.32 Å². The lowest BCUT2D eigenvalue weighted by molar-refractivity contribution is 0.262. The maximum Gasteiger partial charge on any atom is 0.119 e. The number of rotatable bonds is 6. The van der Waals surface area contributed by atoms with Gasteiger partial charge in [-0.3, -0.25) is 0 Å². The zero-order valence-corrected chi connectivity index (χ0v) is 11.8. The molecular weight excluding hydrogens is 222 g/mol. The van der Waals surface area contributed by atoms with Gasteiger partial charge in [-0.1, -0.05) is 32.3 Å². The van der Waals surface area contributed by atoms with Crippen LogP contribution in [0.25, 0.3) is 0 Å².